The second-order valence-corrected chi connectivity index (χ2v) is 3.24. The van der Waals surface area contributed by atoms with Crippen molar-refractivity contribution in [3.63, 3.8) is 0 Å². The molecule has 0 unspecified atom stereocenters. The van der Waals surface area contributed by atoms with Gasteiger partial charge in [0, 0.05) is 19.2 Å². The zero-order valence-corrected chi connectivity index (χ0v) is 10.4. The molecular weight excluding hydrogens is 264 g/mol. The molecular formula is C11H13F2NO5. The van der Waals surface area contributed by atoms with Crippen LogP contribution in [-0.2, 0) is 9.47 Å². The molecule has 0 aliphatic heterocycles. The first kappa shape index (κ1) is 15.1. The molecule has 0 fully saturated rings. The first-order chi connectivity index (χ1) is 9.06. The van der Waals surface area contributed by atoms with E-state index in [1.54, 1.807) is 0 Å². The molecule has 1 aromatic heterocycles. The Balaban J connectivity index is 2.91. The Morgan fingerprint density at radius 1 is 1.26 bits per heavy atom. The van der Waals surface area contributed by atoms with Crippen LogP contribution in [0, 0.1) is 0 Å². The number of esters is 1. The predicted molar refractivity (Wildman–Crippen MR) is 59.6 cm³/mol. The van der Waals surface area contributed by atoms with Gasteiger partial charge in [0.15, 0.2) is 0 Å². The summed E-state index contributed by atoms with van der Waals surface area (Å²) in [6.07, 6.45) is 0. The Labute approximate surface area is 108 Å². The quantitative estimate of drug-likeness (QED) is 0.555. The normalized spacial score (nSPS) is 10.4. The monoisotopic (exact) mass is 277 g/mol. The largest absolute Gasteiger partial charge is 0.475 e. The molecule has 0 saturated carbocycles. The molecule has 8 heteroatoms. The van der Waals surface area contributed by atoms with E-state index >= 15 is 0 Å². The molecule has 0 saturated heterocycles. The van der Waals surface area contributed by atoms with Crippen LogP contribution < -0.4 is 9.47 Å². The molecule has 0 amide bonds. The fourth-order valence-electron chi connectivity index (χ4n) is 1.17. The molecule has 6 nitrogen and oxygen atoms in total. The number of carbonyl (C=O) groups is 1. The number of hydrogen-bond acceptors (Lipinski definition) is 6. The number of hydrogen-bond donors (Lipinski definition) is 0. The van der Waals surface area contributed by atoms with Crippen molar-refractivity contribution >= 4 is 5.97 Å². The summed E-state index contributed by atoms with van der Waals surface area (Å²) in [6.45, 7) is -2.61. The minimum atomic E-state index is -3.05. The molecule has 0 aliphatic carbocycles. The number of rotatable bonds is 7. The molecule has 19 heavy (non-hydrogen) atoms. The maximum absolute atomic E-state index is 12.1. The van der Waals surface area contributed by atoms with Crippen molar-refractivity contribution in [2.24, 2.45) is 0 Å². The second-order valence-electron chi connectivity index (χ2n) is 3.24. The minimum absolute atomic E-state index is 0.000525. The highest BCUT2D eigenvalue weighted by atomic mass is 19.3. The molecule has 0 radical (unpaired) electrons. The van der Waals surface area contributed by atoms with Gasteiger partial charge in [0.25, 0.3) is 0 Å². The van der Waals surface area contributed by atoms with Gasteiger partial charge in [-0.05, 0) is 0 Å². The predicted octanol–water partition coefficient (Wildman–Crippen LogP) is 1.49. The van der Waals surface area contributed by atoms with Crippen molar-refractivity contribution in [1.82, 2.24) is 4.98 Å². The van der Waals surface area contributed by atoms with Crippen LogP contribution in [0.4, 0.5) is 8.78 Å². The Kier molecular flexibility index (Phi) is 5.94. The number of halogens is 2. The molecule has 0 atom stereocenters. The fourth-order valence-corrected chi connectivity index (χ4v) is 1.17. The summed E-state index contributed by atoms with van der Waals surface area (Å²) in [6, 6.07) is 2.31. The summed E-state index contributed by atoms with van der Waals surface area (Å²) in [5, 5.41) is 0. The second kappa shape index (κ2) is 7.47. The molecule has 0 aliphatic rings. The van der Waals surface area contributed by atoms with Crippen molar-refractivity contribution in [3.8, 4) is 11.8 Å². The number of methoxy groups -OCH3 is 2. The molecule has 0 aromatic carbocycles. The van der Waals surface area contributed by atoms with Gasteiger partial charge in [0.2, 0.25) is 11.8 Å². The van der Waals surface area contributed by atoms with E-state index < -0.39 is 18.5 Å². The van der Waals surface area contributed by atoms with Crippen LogP contribution in [0.15, 0.2) is 12.1 Å². The van der Waals surface area contributed by atoms with Crippen LogP contribution in [0.25, 0.3) is 0 Å². The lowest BCUT2D eigenvalue weighted by molar-refractivity contribution is -0.0532. The van der Waals surface area contributed by atoms with Gasteiger partial charge in [-0.1, -0.05) is 0 Å². The molecule has 1 heterocycles. The van der Waals surface area contributed by atoms with E-state index in [1.165, 1.54) is 20.3 Å². The molecule has 106 valence electrons. The van der Waals surface area contributed by atoms with Crippen molar-refractivity contribution in [3.05, 3.63) is 17.7 Å². The van der Waals surface area contributed by atoms with Gasteiger partial charge >= 0.3 is 12.6 Å². The first-order valence-corrected chi connectivity index (χ1v) is 5.23. The van der Waals surface area contributed by atoms with Crippen molar-refractivity contribution in [2.75, 3.05) is 27.4 Å². The average Bonchev–Trinajstić information content (AvgIpc) is 2.37. The zero-order chi connectivity index (χ0) is 14.3. The number of ether oxygens (including phenoxy) is 4. The minimum Gasteiger partial charge on any atom is -0.475 e. The lowest BCUT2D eigenvalue weighted by atomic mass is 10.2. The smallest absolute Gasteiger partial charge is 0.388 e. The van der Waals surface area contributed by atoms with Crippen molar-refractivity contribution < 1.29 is 32.5 Å². The van der Waals surface area contributed by atoms with Crippen LogP contribution in [0.2, 0.25) is 0 Å². The Bertz CT molecular complexity index is 428. The number of carbonyl (C=O) groups excluding carboxylic acids is 1. The SMILES string of the molecule is COCCOc1cc(C(=O)OC)cc(OC(F)F)n1. The van der Waals surface area contributed by atoms with Crippen molar-refractivity contribution in [1.29, 1.82) is 0 Å². The van der Waals surface area contributed by atoms with Crippen LogP contribution >= 0.6 is 0 Å². The number of pyridine rings is 1. The summed E-state index contributed by atoms with van der Waals surface area (Å²) in [4.78, 5) is 15.0. The summed E-state index contributed by atoms with van der Waals surface area (Å²) in [5.41, 5.74) is 0.000525. The maximum Gasteiger partial charge on any atom is 0.388 e. The number of aromatic nitrogens is 1. The topological polar surface area (TPSA) is 66.9 Å². The molecule has 0 bridgehead atoms. The van der Waals surface area contributed by atoms with Gasteiger partial charge in [-0.3, -0.25) is 0 Å². The molecule has 0 N–H and O–H groups in total. The van der Waals surface area contributed by atoms with E-state index in [1.807, 2.05) is 0 Å². The van der Waals surface area contributed by atoms with Crippen LogP contribution in [0.3, 0.4) is 0 Å². The fraction of sp³-hybridized carbons (Fsp3) is 0.455. The Morgan fingerprint density at radius 2 is 1.95 bits per heavy atom. The number of nitrogens with zero attached hydrogens (tertiary/aromatic N) is 1. The van der Waals surface area contributed by atoms with Crippen LogP contribution in [-0.4, -0.2) is 45.0 Å². The Hall–Kier alpha value is -1.96. The van der Waals surface area contributed by atoms with E-state index in [-0.39, 0.29) is 24.7 Å². The van der Waals surface area contributed by atoms with Crippen molar-refractivity contribution in [2.45, 2.75) is 6.61 Å². The van der Waals surface area contributed by atoms with E-state index in [9.17, 15) is 13.6 Å². The maximum atomic E-state index is 12.1. The van der Waals surface area contributed by atoms with Gasteiger partial charge in [-0.15, -0.1) is 0 Å². The lowest BCUT2D eigenvalue weighted by Crippen LogP contribution is -2.10. The molecule has 1 aromatic rings. The standard InChI is InChI=1S/C11H13F2NO5/c1-16-3-4-18-8-5-7(10(15)17-2)6-9(14-8)19-11(12)13/h5-6,11H,3-4H2,1-2H3. The third-order valence-electron chi connectivity index (χ3n) is 1.95. The van der Waals surface area contributed by atoms with Gasteiger partial charge in [-0.25, -0.2) is 4.79 Å². The first-order valence-electron chi connectivity index (χ1n) is 5.23. The summed E-state index contributed by atoms with van der Waals surface area (Å²) in [5.74, 6) is -1.17. The highest BCUT2D eigenvalue weighted by Crippen LogP contribution is 2.20. The van der Waals surface area contributed by atoms with E-state index in [0.717, 1.165) is 6.07 Å². The highest BCUT2D eigenvalue weighted by molar-refractivity contribution is 5.89. The summed E-state index contributed by atoms with van der Waals surface area (Å²) >= 11 is 0. The van der Waals surface area contributed by atoms with Gasteiger partial charge in [-0.2, -0.15) is 13.8 Å². The van der Waals surface area contributed by atoms with Gasteiger partial charge < -0.3 is 18.9 Å². The number of alkyl halides is 2. The third kappa shape index (κ3) is 5.04. The highest BCUT2D eigenvalue weighted by Gasteiger charge is 2.14. The zero-order valence-electron chi connectivity index (χ0n) is 10.4. The molecule has 0 spiro atoms. The van der Waals surface area contributed by atoms with E-state index in [4.69, 9.17) is 9.47 Å². The van der Waals surface area contributed by atoms with E-state index in [0.29, 0.717) is 0 Å². The average molecular weight is 277 g/mol. The summed E-state index contributed by atoms with van der Waals surface area (Å²) < 4.78 is 42.8. The summed E-state index contributed by atoms with van der Waals surface area (Å²) in [7, 11) is 2.65. The third-order valence-corrected chi connectivity index (χ3v) is 1.95. The van der Waals surface area contributed by atoms with Gasteiger partial charge in [0.05, 0.1) is 19.3 Å². The van der Waals surface area contributed by atoms with Gasteiger partial charge in [0.1, 0.15) is 6.61 Å². The molecule has 1 rings (SSSR count). The van der Waals surface area contributed by atoms with E-state index in [2.05, 4.69) is 14.5 Å². The van der Waals surface area contributed by atoms with Crippen LogP contribution in [0.5, 0.6) is 11.8 Å². The lowest BCUT2D eigenvalue weighted by Gasteiger charge is -2.09. The van der Waals surface area contributed by atoms with Crippen LogP contribution in [0.1, 0.15) is 10.4 Å². The Morgan fingerprint density at radius 3 is 2.53 bits per heavy atom.